The molecule has 0 fully saturated rings. The summed E-state index contributed by atoms with van der Waals surface area (Å²) in [7, 11) is 0. The molecule has 1 aromatic heterocycles. The van der Waals surface area contributed by atoms with Crippen LogP contribution in [-0.4, -0.2) is 4.37 Å². The first-order chi connectivity index (χ1) is 4.86. The maximum Gasteiger partial charge on any atom is 0.0441 e. The molecule has 1 unspecified atom stereocenters. The van der Waals surface area contributed by atoms with Gasteiger partial charge in [0.2, 0.25) is 0 Å². The van der Waals surface area contributed by atoms with Crippen molar-refractivity contribution in [3.8, 4) is 0 Å². The summed E-state index contributed by atoms with van der Waals surface area (Å²) in [5, 5.41) is 0. The van der Waals surface area contributed by atoms with E-state index in [1.807, 2.05) is 6.20 Å². The van der Waals surface area contributed by atoms with E-state index in [2.05, 4.69) is 11.3 Å². The average molecular weight is 153 g/mol. The van der Waals surface area contributed by atoms with Crippen molar-refractivity contribution >= 4 is 11.5 Å². The highest BCUT2D eigenvalue weighted by molar-refractivity contribution is 7.05. The van der Waals surface area contributed by atoms with Crippen LogP contribution in [-0.2, 0) is 12.8 Å². The summed E-state index contributed by atoms with van der Waals surface area (Å²) >= 11 is 1.68. The molecule has 1 aliphatic rings. The van der Waals surface area contributed by atoms with Crippen LogP contribution in [0.4, 0.5) is 0 Å². The van der Waals surface area contributed by atoms with Gasteiger partial charge in [0.15, 0.2) is 0 Å². The molecule has 2 heteroatoms. The summed E-state index contributed by atoms with van der Waals surface area (Å²) in [4.78, 5) is 1.53. The van der Waals surface area contributed by atoms with Crippen molar-refractivity contribution in [3.63, 3.8) is 0 Å². The zero-order chi connectivity index (χ0) is 6.97. The Balaban J connectivity index is 2.30. The summed E-state index contributed by atoms with van der Waals surface area (Å²) in [5.41, 5.74) is 1.50. The van der Waals surface area contributed by atoms with Gasteiger partial charge < -0.3 is 0 Å². The normalized spacial score (nSPS) is 24.3. The number of nitrogens with zero attached hydrogens (tertiary/aromatic N) is 1. The molecule has 1 nitrogen and oxygen atoms in total. The number of hydrogen-bond donors (Lipinski definition) is 0. The van der Waals surface area contributed by atoms with Gasteiger partial charge in [-0.2, -0.15) is 0 Å². The molecule has 10 heavy (non-hydrogen) atoms. The quantitative estimate of drug-likeness (QED) is 0.557. The molecule has 54 valence electrons. The van der Waals surface area contributed by atoms with E-state index in [0.29, 0.717) is 0 Å². The highest BCUT2D eigenvalue weighted by atomic mass is 32.1. The van der Waals surface area contributed by atoms with E-state index in [1.165, 1.54) is 29.7 Å². The molecule has 1 aliphatic carbocycles. The Bertz CT molecular complexity index is 229. The molecule has 1 aromatic rings. The summed E-state index contributed by atoms with van der Waals surface area (Å²) in [6.07, 6.45) is 5.91. The Morgan fingerprint density at radius 3 is 3.50 bits per heavy atom. The first kappa shape index (κ1) is 6.35. The minimum Gasteiger partial charge on any atom is -0.201 e. The fourth-order valence-corrected chi connectivity index (χ4v) is 2.28. The van der Waals surface area contributed by atoms with Crippen LogP contribution in [0.5, 0.6) is 0 Å². The third kappa shape index (κ3) is 0.966. The van der Waals surface area contributed by atoms with Crippen LogP contribution in [0.15, 0.2) is 6.20 Å². The maximum atomic E-state index is 4.18. The molecule has 0 aliphatic heterocycles. The molecule has 1 atom stereocenters. The molecule has 0 saturated heterocycles. The minimum atomic E-state index is 0.879. The first-order valence-corrected chi connectivity index (χ1v) is 4.56. The minimum absolute atomic E-state index is 0.879. The Kier molecular flexibility index (Phi) is 1.49. The van der Waals surface area contributed by atoms with Crippen molar-refractivity contribution in [3.05, 3.63) is 16.6 Å². The molecule has 1 heterocycles. The zero-order valence-corrected chi connectivity index (χ0v) is 6.95. The lowest BCUT2D eigenvalue weighted by Gasteiger charge is -2.16. The lowest BCUT2D eigenvalue weighted by Crippen LogP contribution is -2.07. The molecular weight excluding hydrogens is 142 g/mol. The molecule has 0 saturated carbocycles. The van der Waals surface area contributed by atoms with Crippen LogP contribution in [0.25, 0.3) is 0 Å². The number of aromatic nitrogens is 1. The molecule has 0 bridgehead atoms. The third-order valence-corrected chi connectivity index (χ3v) is 3.06. The first-order valence-electron chi connectivity index (χ1n) is 3.78. The summed E-state index contributed by atoms with van der Waals surface area (Å²) in [5.74, 6) is 0.879. The summed E-state index contributed by atoms with van der Waals surface area (Å²) < 4.78 is 4.18. The van der Waals surface area contributed by atoms with Gasteiger partial charge in [-0.3, -0.25) is 0 Å². The summed E-state index contributed by atoms with van der Waals surface area (Å²) in [6, 6.07) is 0. The molecular formula is C8H11NS. The highest BCUT2D eigenvalue weighted by Crippen LogP contribution is 2.27. The maximum absolute atomic E-state index is 4.18. The van der Waals surface area contributed by atoms with E-state index < -0.39 is 0 Å². The summed E-state index contributed by atoms with van der Waals surface area (Å²) in [6.45, 7) is 2.32. The Labute approximate surface area is 65.3 Å². The number of fused-ring (bicyclic) bond motifs is 1. The van der Waals surface area contributed by atoms with E-state index >= 15 is 0 Å². The lowest BCUT2D eigenvalue weighted by molar-refractivity contribution is 0.506. The predicted molar refractivity (Wildman–Crippen MR) is 43.3 cm³/mol. The van der Waals surface area contributed by atoms with Gasteiger partial charge in [0.05, 0.1) is 0 Å². The van der Waals surface area contributed by atoms with Gasteiger partial charge in [0, 0.05) is 11.1 Å². The second-order valence-corrected chi connectivity index (χ2v) is 4.01. The van der Waals surface area contributed by atoms with Gasteiger partial charge in [-0.1, -0.05) is 6.92 Å². The van der Waals surface area contributed by atoms with Crippen molar-refractivity contribution in [1.82, 2.24) is 4.37 Å². The monoisotopic (exact) mass is 153 g/mol. The van der Waals surface area contributed by atoms with E-state index in [9.17, 15) is 0 Å². The fraction of sp³-hybridized carbons (Fsp3) is 0.625. The van der Waals surface area contributed by atoms with Crippen LogP contribution in [0.1, 0.15) is 23.8 Å². The van der Waals surface area contributed by atoms with Gasteiger partial charge in [-0.15, -0.1) is 0 Å². The lowest BCUT2D eigenvalue weighted by atomic mass is 9.91. The smallest absolute Gasteiger partial charge is 0.0441 e. The zero-order valence-electron chi connectivity index (χ0n) is 6.13. The number of hydrogen-bond acceptors (Lipinski definition) is 2. The second-order valence-electron chi connectivity index (χ2n) is 3.12. The molecule has 0 N–H and O–H groups in total. The molecule has 2 rings (SSSR count). The van der Waals surface area contributed by atoms with Gasteiger partial charge in [-0.25, -0.2) is 4.37 Å². The fourth-order valence-electron chi connectivity index (χ4n) is 1.51. The topological polar surface area (TPSA) is 12.9 Å². The highest BCUT2D eigenvalue weighted by Gasteiger charge is 2.15. The van der Waals surface area contributed by atoms with Crippen molar-refractivity contribution in [1.29, 1.82) is 0 Å². The van der Waals surface area contributed by atoms with Crippen LogP contribution in [0.3, 0.4) is 0 Å². The van der Waals surface area contributed by atoms with Gasteiger partial charge in [0.25, 0.3) is 0 Å². The standard InChI is InChI=1S/C8H11NS/c1-6-2-3-8-7(4-6)5-9-10-8/h5-6H,2-4H2,1H3. The van der Waals surface area contributed by atoms with Crippen LogP contribution in [0.2, 0.25) is 0 Å². The molecule has 0 spiro atoms. The van der Waals surface area contributed by atoms with Crippen LogP contribution in [0, 0.1) is 5.92 Å². The number of rotatable bonds is 0. The van der Waals surface area contributed by atoms with Gasteiger partial charge >= 0.3 is 0 Å². The Hall–Kier alpha value is -0.370. The largest absolute Gasteiger partial charge is 0.201 e. The third-order valence-electron chi connectivity index (χ3n) is 2.16. The van der Waals surface area contributed by atoms with Gasteiger partial charge in [0.1, 0.15) is 0 Å². The molecule has 0 amide bonds. The average Bonchev–Trinajstić information content (AvgIpc) is 2.33. The van der Waals surface area contributed by atoms with Gasteiger partial charge in [-0.05, 0) is 42.3 Å². The van der Waals surface area contributed by atoms with Crippen molar-refractivity contribution < 1.29 is 0 Å². The second kappa shape index (κ2) is 2.35. The molecule has 0 aromatic carbocycles. The van der Waals surface area contributed by atoms with E-state index in [4.69, 9.17) is 0 Å². The van der Waals surface area contributed by atoms with Crippen molar-refractivity contribution in [2.45, 2.75) is 26.2 Å². The van der Waals surface area contributed by atoms with E-state index in [-0.39, 0.29) is 0 Å². The van der Waals surface area contributed by atoms with Crippen LogP contribution < -0.4 is 0 Å². The van der Waals surface area contributed by atoms with E-state index in [0.717, 1.165) is 5.92 Å². The molecule has 0 radical (unpaired) electrons. The number of aryl methyl sites for hydroxylation is 1. The van der Waals surface area contributed by atoms with Crippen LogP contribution >= 0.6 is 11.5 Å². The van der Waals surface area contributed by atoms with Crippen molar-refractivity contribution in [2.24, 2.45) is 5.92 Å². The Morgan fingerprint density at radius 1 is 1.70 bits per heavy atom. The van der Waals surface area contributed by atoms with Crippen molar-refractivity contribution in [2.75, 3.05) is 0 Å². The van der Waals surface area contributed by atoms with E-state index in [1.54, 1.807) is 11.5 Å². The predicted octanol–water partition coefficient (Wildman–Crippen LogP) is 2.27. The SMILES string of the molecule is CC1CCc2sncc2C1. The Morgan fingerprint density at radius 2 is 2.60 bits per heavy atom.